The highest BCUT2D eigenvalue weighted by Gasteiger charge is 2.07. The molecule has 0 aromatic heterocycles. The van der Waals surface area contributed by atoms with Crippen LogP contribution in [-0.2, 0) is 0 Å². The van der Waals surface area contributed by atoms with E-state index in [0.717, 1.165) is 10.8 Å². The first kappa shape index (κ1) is 11.4. The first-order chi connectivity index (χ1) is 8.08. The summed E-state index contributed by atoms with van der Waals surface area (Å²) >= 11 is 6.02. The third-order valence-electron chi connectivity index (χ3n) is 2.34. The van der Waals surface area contributed by atoms with Crippen molar-refractivity contribution in [2.75, 3.05) is 0 Å². The topological polar surface area (TPSA) is 79.0 Å². The number of hydrogen-bond acceptors (Lipinski definition) is 2. The highest BCUT2D eigenvalue weighted by molar-refractivity contribution is 6.35. The Bertz CT molecular complexity index is 610. The van der Waals surface area contributed by atoms with Crippen LogP contribution in [0.25, 0.3) is 10.8 Å². The number of amides is 1. The molecule has 17 heavy (non-hydrogen) atoms. The van der Waals surface area contributed by atoms with Gasteiger partial charge in [0.15, 0.2) is 5.96 Å². The summed E-state index contributed by atoms with van der Waals surface area (Å²) < 4.78 is 0. The lowest BCUT2D eigenvalue weighted by Crippen LogP contribution is -2.35. The number of halogens is 1. The Morgan fingerprint density at radius 3 is 2.76 bits per heavy atom. The van der Waals surface area contributed by atoms with Gasteiger partial charge >= 0.3 is 0 Å². The van der Waals surface area contributed by atoms with Gasteiger partial charge in [-0.1, -0.05) is 29.8 Å². The second-order valence-corrected chi connectivity index (χ2v) is 3.95. The Labute approximate surface area is 103 Å². The van der Waals surface area contributed by atoms with Crippen molar-refractivity contribution in [1.29, 1.82) is 5.41 Å². The fourth-order valence-electron chi connectivity index (χ4n) is 1.58. The number of rotatable bonds is 1. The molecule has 2 aromatic rings. The van der Waals surface area contributed by atoms with Gasteiger partial charge in [0, 0.05) is 16.0 Å². The quantitative estimate of drug-likeness (QED) is 0.533. The molecule has 2 rings (SSSR count). The van der Waals surface area contributed by atoms with E-state index in [1.54, 1.807) is 24.3 Å². The Balaban J connectivity index is 2.45. The number of guanidine groups is 1. The summed E-state index contributed by atoms with van der Waals surface area (Å²) in [5, 5.41) is 11.6. The molecule has 4 nitrogen and oxygen atoms in total. The summed E-state index contributed by atoms with van der Waals surface area (Å²) in [6.45, 7) is 0. The van der Waals surface area contributed by atoms with E-state index in [0.29, 0.717) is 10.6 Å². The van der Waals surface area contributed by atoms with E-state index in [1.807, 2.05) is 12.1 Å². The second-order valence-electron chi connectivity index (χ2n) is 3.54. The smallest absolute Gasteiger partial charge is 0.257 e. The van der Waals surface area contributed by atoms with Gasteiger partial charge in [-0.2, -0.15) is 0 Å². The number of hydrogen-bond donors (Lipinski definition) is 3. The first-order valence-electron chi connectivity index (χ1n) is 4.91. The van der Waals surface area contributed by atoms with Gasteiger partial charge in [-0.15, -0.1) is 0 Å². The zero-order valence-electron chi connectivity index (χ0n) is 8.83. The van der Waals surface area contributed by atoms with Gasteiger partial charge in [0.05, 0.1) is 0 Å². The molecule has 0 saturated heterocycles. The average Bonchev–Trinajstić information content (AvgIpc) is 2.28. The Morgan fingerprint density at radius 1 is 1.29 bits per heavy atom. The van der Waals surface area contributed by atoms with E-state index in [9.17, 15) is 4.79 Å². The molecule has 0 saturated carbocycles. The summed E-state index contributed by atoms with van der Waals surface area (Å²) in [5.74, 6) is -0.777. The Hall–Kier alpha value is -2.07. The maximum absolute atomic E-state index is 11.6. The minimum absolute atomic E-state index is 0.374. The van der Waals surface area contributed by atoms with Crippen molar-refractivity contribution in [2.24, 2.45) is 5.73 Å². The third kappa shape index (κ3) is 2.37. The predicted molar refractivity (Wildman–Crippen MR) is 68.3 cm³/mol. The Kier molecular flexibility index (Phi) is 2.97. The second kappa shape index (κ2) is 4.43. The van der Waals surface area contributed by atoms with Crippen LogP contribution in [0.4, 0.5) is 0 Å². The van der Waals surface area contributed by atoms with E-state index < -0.39 is 5.91 Å². The van der Waals surface area contributed by atoms with Crippen LogP contribution in [-0.4, -0.2) is 11.9 Å². The molecule has 2 aromatic carbocycles. The lowest BCUT2D eigenvalue weighted by molar-refractivity contribution is 0.0976. The van der Waals surface area contributed by atoms with Crippen LogP contribution in [0.1, 0.15) is 10.4 Å². The largest absolute Gasteiger partial charge is 0.370 e. The van der Waals surface area contributed by atoms with Crippen LogP contribution in [0, 0.1) is 5.41 Å². The molecule has 0 aliphatic heterocycles. The zero-order valence-corrected chi connectivity index (χ0v) is 9.58. The van der Waals surface area contributed by atoms with Crippen LogP contribution in [0.3, 0.4) is 0 Å². The highest BCUT2D eigenvalue weighted by Crippen LogP contribution is 2.23. The zero-order chi connectivity index (χ0) is 12.4. The molecule has 0 bridgehead atoms. The van der Waals surface area contributed by atoms with Crippen molar-refractivity contribution < 1.29 is 4.79 Å². The van der Waals surface area contributed by atoms with Crippen LogP contribution in [0.5, 0.6) is 0 Å². The van der Waals surface area contributed by atoms with E-state index >= 15 is 0 Å². The number of fused-ring (bicyclic) bond motifs is 1. The molecule has 0 unspecified atom stereocenters. The van der Waals surface area contributed by atoms with Crippen molar-refractivity contribution in [1.82, 2.24) is 5.32 Å². The van der Waals surface area contributed by atoms with Crippen molar-refractivity contribution in [3.63, 3.8) is 0 Å². The molecular formula is C12H10ClN3O. The van der Waals surface area contributed by atoms with Crippen molar-refractivity contribution in [2.45, 2.75) is 0 Å². The number of benzene rings is 2. The normalized spacial score (nSPS) is 10.2. The van der Waals surface area contributed by atoms with Gasteiger partial charge in [0.1, 0.15) is 0 Å². The predicted octanol–water partition coefficient (Wildman–Crippen LogP) is 2.12. The maximum Gasteiger partial charge on any atom is 0.257 e. The van der Waals surface area contributed by atoms with E-state index in [4.69, 9.17) is 22.7 Å². The maximum atomic E-state index is 11.6. The summed E-state index contributed by atoms with van der Waals surface area (Å²) in [5.41, 5.74) is 5.54. The number of nitrogens with one attached hydrogen (secondary N) is 2. The summed E-state index contributed by atoms with van der Waals surface area (Å²) in [6, 6.07) is 10.6. The Morgan fingerprint density at radius 2 is 2.06 bits per heavy atom. The SMILES string of the molecule is N=C(N)NC(=O)c1ccc2c(Cl)cccc2c1. The standard InChI is InChI=1S/C12H10ClN3O/c13-10-3-1-2-7-6-8(4-5-9(7)10)11(17)16-12(14)15/h1-6H,(H4,14,15,16,17). The number of carbonyl (C=O) groups is 1. The monoisotopic (exact) mass is 247 g/mol. The molecule has 0 radical (unpaired) electrons. The molecule has 0 aliphatic rings. The molecule has 4 N–H and O–H groups in total. The van der Waals surface area contributed by atoms with Crippen LogP contribution >= 0.6 is 11.6 Å². The molecule has 1 amide bonds. The number of nitrogens with two attached hydrogens (primary N) is 1. The van der Waals surface area contributed by atoms with Gasteiger partial charge in [-0.25, -0.2) is 0 Å². The van der Waals surface area contributed by atoms with Gasteiger partial charge < -0.3 is 5.73 Å². The molecule has 0 aliphatic carbocycles. The fourth-order valence-corrected chi connectivity index (χ4v) is 1.82. The van der Waals surface area contributed by atoms with Crippen molar-refractivity contribution >= 4 is 34.2 Å². The fraction of sp³-hybridized carbons (Fsp3) is 0. The van der Waals surface area contributed by atoms with Gasteiger partial charge in [0.2, 0.25) is 0 Å². The van der Waals surface area contributed by atoms with Crippen LogP contribution in [0.2, 0.25) is 5.02 Å². The molecule has 5 heteroatoms. The van der Waals surface area contributed by atoms with Gasteiger partial charge in [0.25, 0.3) is 5.91 Å². The van der Waals surface area contributed by atoms with Crippen molar-refractivity contribution in [3.05, 3.63) is 47.0 Å². The van der Waals surface area contributed by atoms with Gasteiger partial charge in [-0.05, 0) is 23.6 Å². The molecule has 0 fully saturated rings. The molecule has 86 valence electrons. The van der Waals surface area contributed by atoms with Crippen LogP contribution in [0.15, 0.2) is 36.4 Å². The van der Waals surface area contributed by atoms with E-state index in [2.05, 4.69) is 5.32 Å². The lowest BCUT2D eigenvalue weighted by Gasteiger charge is -2.05. The number of carbonyl (C=O) groups excluding carboxylic acids is 1. The third-order valence-corrected chi connectivity index (χ3v) is 2.67. The first-order valence-corrected chi connectivity index (χ1v) is 5.29. The molecule has 0 heterocycles. The summed E-state index contributed by atoms with van der Waals surface area (Å²) in [6.07, 6.45) is 0. The average molecular weight is 248 g/mol. The molecular weight excluding hydrogens is 238 g/mol. The summed E-state index contributed by atoms with van der Waals surface area (Å²) in [7, 11) is 0. The lowest BCUT2D eigenvalue weighted by atomic mass is 10.1. The highest BCUT2D eigenvalue weighted by atomic mass is 35.5. The van der Waals surface area contributed by atoms with E-state index in [1.165, 1.54) is 0 Å². The molecule has 0 spiro atoms. The van der Waals surface area contributed by atoms with Crippen molar-refractivity contribution in [3.8, 4) is 0 Å². The van der Waals surface area contributed by atoms with E-state index in [-0.39, 0.29) is 5.96 Å². The van der Waals surface area contributed by atoms with Gasteiger partial charge in [-0.3, -0.25) is 15.5 Å². The minimum Gasteiger partial charge on any atom is -0.370 e. The summed E-state index contributed by atoms with van der Waals surface area (Å²) in [4.78, 5) is 11.6. The molecule has 0 atom stereocenters. The minimum atomic E-state index is -0.403. The van der Waals surface area contributed by atoms with Crippen LogP contribution < -0.4 is 11.1 Å².